The fourth-order valence-electron chi connectivity index (χ4n) is 2.49. The molecule has 0 unspecified atom stereocenters. The fraction of sp³-hybridized carbons (Fsp3) is 0.467. The van der Waals surface area contributed by atoms with Crippen molar-refractivity contribution in [3.63, 3.8) is 0 Å². The second-order valence-electron chi connectivity index (χ2n) is 5.54. The number of likely N-dealkylation sites (tertiary alicyclic amines) is 1. The van der Waals surface area contributed by atoms with Gasteiger partial charge in [-0.25, -0.2) is 0 Å². The van der Waals surface area contributed by atoms with Gasteiger partial charge in [-0.05, 0) is 24.1 Å². The molecule has 0 aliphatic carbocycles. The number of alkyl halides is 3. The van der Waals surface area contributed by atoms with E-state index in [1.165, 1.54) is 17.0 Å². The smallest absolute Gasteiger partial charge is 0.416 e. The van der Waals surface area contributed by atoms with Crippen LogP contribution in [0.15, 0.2) is 29.2 Å². The molecule has 0 bridgehead atoms. The van der Waals surface area contributed by atoms with Gasteiger partial charge in [0.1, 0.15) is 0 Å². The Kier molecular flexibility index (Phi) is 5.23. The number of benzene rings is 1. The highest BCUT2D eigenvalue weighted by Gasteiger charge is 2.36. The minimum atomic E-state index is -4.42. The molecule has 1 saturated heterocycles. The summed E-state index contributed by atoms with van der Waals surface area (Å²) < 4.78 is 37.9. The molecule has 1 heterocycles. The Morgan fingerprint density at radius 3 is 2.61 bits per heavy atom. The summed E-state index contributed by atoms with van der Waals surface area (Å²) in [5.41, 5.74) is -0.754. The van der Waals surface area contributed by atoms with E-state index in [0.29, 0.717) is 11.4 Å². The highest BCUT2D eigenvalue weighted by atomic mass is 32.2. The minimum absolute atomic E-state index is 0.0135. The number of carbonyl (C=O) groups is 2. The van der Waals surface area contributed by atoms with Crippen LogP contribution in [0.5, 0.6) is 0 Å². The third-order valence-electron chi connectivity index (χ3n) is 3.81. The number of rotatable bonds is 4. The molecule has 1 aromatic carbocycles. The number of amides is 1. The number of nitrogens with zero attached hydrogens (tertiary/aromatic N) is 1. The molecule has 0 spiro atoms. The van der Waals surface area contributed by atoms with E-state index in [1.54, 1.807) is 6.92 Å². The van der Waals surface area contributed by atoms with Crippen molar-refractivity contribution in [3.8, 4) is 0 Å². The van der Waals surface area contributed by atoms with Gasteiger partial charge in [-0.3, -0.25) is 9.59 Å². The van der Waals surface area contributed by atoms with Crippen LogP contribution in [0.2, 0.25) is 0 Å². The minimum Gasteiger partial charge on any atom is -0.481 e. The number of aliphatic carboxylic acids is 1. The average Bonchev–Trinajstić information content (AvgIpc) is 2.86. The zero-order valence-electron chi connectivity index (χ0n) is 12.3. The molecule has 0 aromatic heterocycles. The second-order valence-corrected chi connectivity index (χ2v) is 6.58. The van der Waals surface area contributed by atoms with Crippen molar-refractivity contribution >= 4 is 23.6 Å². The first kappa shape index (κ1) is 17.7. The maximum Gasteiger partial charge on any atom is 0.416 e. The lowest BCUT2D eigenvalue weighted by atomic mass is 9.99. The summed E-state index contributed by atoms with van der Waals surface area (Å²) in [4.78, 5) is 25.0. The quantitative estimate of drug-likeness (QED) is 0.851. The molecular weight excluding hydrogens is 331 g/mol. The van der Waals surface area contributed by atoms with Crippen LogP contribution in [-0.2, 0) is 15.8 Å². The molecule has 126 valence electrons. The Morgan fingerprint density at radius 1 is 1.35 bits per heavy atom. The zero-order valence-corrected chi connectivity index (χ0v) is 13.2. The van der Waals surface area contributed by atoms with E-state index in [4.69, 9.17) is 5.11 Å². The van der Waals surface area contributed by atoms with Gasteiger partial charge >= 0.3 is 12.1 Å². The van der Waals surface area contributed by atoms with E-state index in [1.807, 2.05) is 0 Å². The largest absolute Gasteiger partial charge is 0.481 e. The molecule has 1 N–H and O–H groups in total. The Hall–Kier alpha value is -1.70. The van der Waals surface area contributed by atoms with Crippen LogP contribution in [0.3, 0.4) is 0 Å². The number of carbonyl (C=O) groups excluding carboxylic acids is 1. The summed E-state index contributed by atoms with van der Waals surface area (Å²) in [6.07, 6.45) is -4.42. The summed E-state index contributed by atoms with van der Waals surface area (Å²) in [5.74, 6) is -1.92. The summed E-state index contributed by atoms with van der Waals surface area (Å²) in [5, 5.41) is 9.05. The van der Waals surface area contributed by atoms with Gasteiger partial charge in [0.25, 0.3) is 0 Å². The molecule has 1 aliphatic rings. The predicted octanol–water partition coefficient (Wildman–Crippen LogP) is 2.98. The van der Waals surface area contributed by atoms with E-state index in [0.717, 1.165) is 23.9 Å². The first-order valence-corrected chi connectivity index (χ1v) is 7.97. The van der Waals surface area contributed by atoms with Crippen molar-refractivity contribution in [2.45, 2.75) is 18.0 Å². The molecule has 0 saturated carbocycles. The maximum absolute atomic E-state index is 12.6. The van der Waals surface area contributed by atoms with Crippen LogP contribution in [-0.4, -0.2) is 40.7 Å². The predicted molar refractivity (Wildman–Crippen MR) is 79.0 cm³/mol. The van der Waals surface area contributed by atoms with Crippen LogP contribution in [0, 0.1) is 11.8 Å². The van der Waals surface area contributed by atoms with Gasteiger partial charge in [0.2, 0.25) is 5.91 Å². The molecule has 4 nitrogen and oxygen atoms in total. The molecular formula is C15H16F3NO3S. The molecule has 1 aliphatic heterocycles. The van der Waals surface area contributed by atoms with Crippen LogP contribution < -0.4 is 0 Å². The molecule has 2 rings (SSSR count). The van der Waals surface area contributed by atoms with Crippen LogP contribution in [0.1, 0.15) is 12.5 Å². The van der Waals surface area contributed by atoms with Gasteiger partial charge < -0.3 is 10.0 Å². The van der Waals surface area contributed by atoms with Crippen LogP contribution >= 0.6 is 11.8 Å². The third-order valence-corrected chi connectivity index (χ3v) is 4.78. The summed E-state index contributed by atoms with van der Waals surface area (Å²) >= 11 is 1.02. The molecule has 1 fully saturated rings. The zero-order chi connectivity index (χ0) is 17.2. The lowest BCUT2D eigenvalue weighted by Crippen LogP contribution is -2.31. The summed E-state index contributed by atoms with van der Waals surface area (Å²) in [6.45, 7) is 2.28. The Balaban J connectivity index is 1.94. The van der Waals surface area contributed by atoms with Crippen LogP contribution in [0.4, 0.5) is 13.2 Å². The van der Waals surface area contributed by atoms with Gasteiger partial charge in [0, 0.05) is 18.0 Å². The SMILES string of the molecule is C[C@@H]1CN(C(=O)CSc2cccc(C(F)(F)F)c2)C[C@H]1C(=O)O. The normalized spacial score (nSPS) is 21.5. The fourth-order valence-corrected chi connectivity index (χ4v) is 3.35. The number of carboxylic acid groups (broad SMARTS) is 1. The first-order valence-electron chi connectivity index (χ1n) is 6.99. The Bertz CT molecular complexity index is 606. The van der Waals surface area contributed by atoms with Crippen molar-refractivity contribution in [1.82, 2.24) is 4.90 Å². The molecule has 1 amide bonds. The van der Waals surface area contributed by atoms with Gasteiger partial charge in [0.05, 0.1) is 17.2 Å². The molecule has 2 atom stereocenters. The second kappa shape index (κ2) is 6.82. The molecule has 8 heteroatoms. The molecule has 0 radical (unpaired) electrons. The number of carboxylic acids is 1. The number of hydrogen-bond acceptors (Lipinski definition) is 3. The van der Waals surface area contributed by atoms with Gasteiger partial charge in [-0.2, -0.15) is 13.2 Å². The third kappa shape index (κ3) is 4.40. The van der Waals surface area contributed by atoms with E-state index < -0.39 is 23.6 Å². The first-order chi connectivity index (χ1) is 10.7. The highest BCUT2D eigenvalue weighted by Crippen LogP contribution is 2.32. The maximum atomic E-state index is 12.6. The van der Waals surface area contributed by atoms with Crippen molar-refractivity contribution < 1.29 is 27.9 Å². The number of hydrogen-bond donors (Lipinski definition) is 1. The lowest BCUT2D eigenvalue weighted by Gasteiger charge is -2.15. The van der Waals surface area contributed by atoms with Crippen molar-refractivity contribution in [3.05, 3.63) is 29.8 Å². The molecule has 1 aromatic rings. The highest BCUT2D eigenvalue weighted by molar-refractivity contribution is 8.00. The van der Waals surface area contributed by atoms with Crippen LogP contribution in [0.25, 0.3) is 0 Å². The van der Waals surface area contributed by atoms with Crippen molar-refractivity contribution in [2.24, 2.45) is 11.8 Å². The summed E-state index contributed by atoms with van der Waals surface area (Å²) in [6, 6.07) is 4.80. The van der Waals surface area contributed by atoms with E-state index in [9.17, 15) is 22.8 Å². The Labute approximate surface area is 135 Å². The Morgan fingerprint density at radius 2 is 2.04 bits per heavy atom. The van der Waals surface area contributed by atoms with Gasteiger partial charge in [-0.1, -0.05) is 13.0 Å². The average molecular weight is 347 g/mol. The topological polar surface area (TPSA) is 57.6 Å². The lowest BCUT2D eigenvalue weighted by molar-refractivity contribution is -0.142. The molecule has 23 heavy (non-hydrogen) atoms. The van der Waals surface area contributed by atoms with Crippen molar-refractivity contribution in [2.75, 3.05) is 18.8 Å². The van der Waals surface area contributed by atoms with Crippen molar-refractivity contribution in [1.29, 1.82) is 0 Å². The number of thioether (sulfide) groups is 1. The summed E-state index contributed by atoms with van der Waals surface area (Å²) in [7, 11) is 0. The van der Waals surface area contributed by atoms with Gasteiger partial charge in [0.15, 0.2) is 0 Å². The monoisotopic (exact) mass is 347 g/mol. The van der Waals surface area contributed by atoms with Gasteiger partial charge in [-0.15, -0.1) is 11.8 Å². The van der Waals surface area contributed by atoms with E-state index >= 15 is 0 Å². The standard InChI is InChI=1S/C15H16F3NO3S/c1-9-6-19(7-12(9)14(21)22)13(20)8-23-11-4-2-3-10(5-11)15(16,17)18/h2-5,9,12H,6-8H2,1H3,(H,21,22)/t9-,12-/m1/s1. The number of halogens is 3. The van der Waals surface area contributed by atoms with E-state index in [2.05, 4.69) is 0 Å². The van der Waals surface area contributed by atoms with E-state index in [-0.39, 0.29) is 24.1 Å².